The molecule has 0 spiro atoms. The maximum absolute atomic E-state index is 5.27. The third-order valence-electron chi connectivity index (χ3n) is 1.92. The Morgan fingerprint density at radius 3 is 2.93 bits per heavy atom. The zero-order valence-corrected chi connectivity index (χ0v) is 9.23. The fourth-order valence-corrected chi connectivity index (χ4v) is 1.61. The van der Waals surface area contributed by atoms with Crippen molar-refractivity contribution in [2.45, 2.75) is 0 Å². The molecular weight excluding hydrogens is 244 g/mol. The molecule has 0 aliphatic heterocycles. The van der Waals surface area contributed by atoms with Gasteiger partial charge in [-0.25, -0.2) is 4.98 Å². The van der Waals surface area contributed by atoms with Crippen LogP contribution in [-0.4, -0.2) is 16.7 Å². The minimum absolute atomic E-state index is 0.817. The van der Waals surface area contributed by atoms with E-state index < -0.39 is 0 Å². The van der Waals surface area contributed by atoms with Crippen molar-refractivity contribution < 1.29 is 4.74 Å². The Kier molecular flexibility index (Phi) is 2.54. The molecule has 3 nitrogen and oxygen atoms in total. The maximum Gasteiger partial charge on any atom is 0.144 e. The Hall–Kier alpha value is -1.29. The Morgan fingerprint density at radius 1 is 1.43 bits per heavy atom. The van der Waals surface area contributed by atoms with Gasteiger partial charge in [-0.3, -0.25) is 0 Å². The van der Waals surface area contributed by atoms with Gasteiger partial charge < -0.3 is 9.30 Å². The molecule has 72 valence electrons. The number of hydrogen-bond donors (Lipinski definition) is 0. The van der Waals surface area contributed by atoms with E-state index in [0.29, 0.717) is 0 Å². The minimum atomic E-state index is 0.817. The van der Waals surface area contributed by atoms with Crippen molar-refractivity contribution in [1.82, 2.24) is 9.55 Å². The average molecular weight is 253 g/mol. The first-order valence-electron chi connectivity index (χ1n) is 4.13. The lowest BCUT2D eigenvalue weighted by atomic mass is 10.3. The average Bonchev–Trinajstić information content (AvgIpc) is 2.70. The molecule has 0 atom stereocenters. The van der Waals surface area contributed by atoms with Crippen LogP contribution in [0.25, 0.3) is 5.69 Å². The fourth-order valence-electron chi connectivity index (χ4n) is 1.27. The second kappa shape index (κ2) is 3.84. The van der Waals surface area contributed by atoms with Crippen molar-refractivity contribution in [2.75, 3.05) is 7.11 Å². The van der Waals surface area contributed by atoms with Crippen LogP contribution in [0.4, 0.5) is 0 Å². The minimum Gasteiger partial charge on any atom is -0.495 e. The molecule has 0 aliphatic rings. The summed E-state index contributed by atoms with van der Waals surface area (Å²) < 4.78 is 8.18. The summed E-state index contributed by atoms with van der Waals surface area (Å²) in [6, 6.07) is 5.87. The first-order chi connectivity index (χ1) is 6.81. The van der Waals surface area contributed by atoms with E-state index >= 15 is 0 Å². The molecule has 0 N–H and O–H groups in total. The third kappa shape index (κ3) is 1.65. The van der Waals surface area contributed by atoms with Gasteiger partial charge in [0, 0.05) is 16.9 Å². The van der Waals surface area contributed by atoms with Gasteiger partial charge in [0.2, 0.25) is 0 Å². The van der Waals surface area contributed by atoms with Gasteiger partial charge in [-0.05, 0) is 18.2 Å². The molecule has 0 radical (unpaired) electrons. The van der Waals surface area contributed by atoms with Crippen LogP contribution in [0.2, 0.25) is 0 Å². The Bertz CT molecular complexity index is 426. The van der Waals surface area contributed by atoms with Gasteiger partial charge in [-0.1, -0.05) is 15.9 Å². The molecule has 0 amide bonds. The molecule has 1 aromatic carbocycles. The number of imidazole rings is 1. The van der Waals surface area contributed by atoms with E-state index in [4.69, 9.17) is 4.74 Å². The molecule has 4 heteroatoms. The van der Waals surface area contributed by atoms with Crippen molar-refractivity contribution in [3.63, 3.8) is 0 Å². The largest absolute Gasteiger partial charge is 0.495 e. The molecule has 2 aromatic rings. The lowest BCUT2D eigenvalue weighted by Crippen LogP contribution is -1.94. The summed E-state index contributed by atoms with van der Waals surface area (Å²) in [6.07, 6.45) is 5.36. The predicted molar refractivity (Wildman–Crippen MR) is 57.8 cm³/mol. The van der Waals surface area contributed by atoms with Crippen LogP contribution in [0.1, 0.15) is 0 Å². The zero-order valence-electron chi connectivity index (χ0n) is 7.64. The molecule has 1 heterocycles. The van der Waals surface area contributed by atoms with Crippen LogP contribution >= 0.6 is 15.9 Å². The summed E-state index contributed by atoms with van der Waals surface area (Å²) in [5.41, 5.74) is 0.980. The van der Waals surface area contributed by atoms with Crippen molar-refractivity contribution in [1.29, 1.82) is 0 Å². The van der Waals surface area contributed by atoms with Crippen LogP contribution in [0.3, 0.4) is 0 Å². The summed E-state index contributed by atoms with van der Waals surface area (Å²) in [4.78, 5) is 3.99. The normalized spacial score (nSPS) is 10.1. The number of benzene rings is 1. The molecule has 0 saturated carbocycles. The molecule has 2 rings (SSSR count). The Balaban J connectivity index is 2.53. The van der Waals surface area contributed by atoms with Gasteiger partial charge in [-0.2, -0.15) is 0 Å². The topological polar surface area (TPSA) is 27.1 Å². The summed E-state index contributed by atoms with van der Waals surface area (Å²) in [5.74, 6) is 0.817. The summed E-state index contributed by atoms with van der Waals surface area (Å²) >= 11 is 3.40. The van der Waals surface area contributed by atoms with E-state index in [1.165, 1.54) is 0 Å². The van der Waals surface area contributed by atoms with Gasteiger partial charge in [-0.15, -0.1) is 0 Å². The van der Waals surface area contributed by atoms with Crippen molar-refractivity contribution in [3.05, 3.63) is 41.4 Å². The van der Waals surface area contributed by atoms with Crippen LogP contribution in [0.5, 0.6) is 5.75 Å². The lowest BCUT2D eigenvalue weighted by Gasteiger charge is -2.08. The van der Waals surface area contributed by atoms with Gasteiger partial charge >= 0.3 is 0 Å². The molecule has 0 saturated heterocycles. The van der Waals surface area contributed by atoms with E-state index in [9.17, 15) is 0 Å². The highest BCUT2D eigenvalue weighted by atomic mass is 79.9. The zero-order chi connectivity index (χ0) is 9.97. The molecule has 0 aliphatic carbocycles. The predicted octanol–water partition coefficient (Wildman–Crippen LogP) is 2.64. The Labute approximate surface area is 90.5 Å². The maximum atomic E-state index is 5.27. The van der Waals surface area contributed by atoms with Crippen LogP contribution in [-0.2, 0) is 0 Å². The number of hydrogen-bond acceptors (Lipinski definition) is 2. The summed E-state index contributed by atoms with van der Waals surface area (Å²) in [6.45, 7) is 0. The number of nitrogens with zero attached hydrogens (tertiary/aromatic N) is 2. The van der Waals surface area contributed by atoms with Crippen molar-refractivity contribution >= 4 is 15.9 Å². The molecular formula is C10H9BrN2O. The van der Waals surface area contributed by atoms with E-state index in [1.807, 2.05) is 29.0 Å². The van der Waals surface area contributed by atoms with Gasteiger partial charge in [0.05, 0.1) is 19.1 Å². The number of aromatic nitrogens is 2. The first kappa shape index (κ1) is 9.27. The monoisotopic (exact) mass is 252 g/mol. The molecule has 1 aromatic heterocycles. The van der Waals surface area contributed by atoms with E-state index in [-0.39, 0.29) is 0 Å². The number of methoxy groups -OCH3 is 1. The second-order valence-electron chi connectivity index (χ2n) is 2.79. The number of ether oxygens (including phenoxy) is 1. The highest BCUT2D eigenvalue weighted by Crippen LogP contribution is 2.26. The van der Waals surface area contributed by atoms with E-state index in [0.717, 1.165) is 15.9 Å². The SMILES string of the molecule is COc1cc(Br)ccc1-n1ccnc1. The molecule has 0 fully saturated rings. The number of halogens is 1. The van der Waals surface area contributed by atoms with Crippen molar-refractivity contribution in [2.24, 2.45) is 0 Å². The lowest BCUT2D eigenvalue weighted by molar-refractivity contribution is 0.412. The molecule has 0 bridgehead atoms. The first-order valence-corrected chi connectivity index (χ1v) is 4.92. The smallest absolute Gasteiger partial charge is 0.144 e. The van der Waals surface area contributed by atoms with Crippen molar-refractivity contribution in [3.8, 4) is 11.4 Å². The summed E-state index contributed by atoms with van der Waals surface area (Å²) in [7, 11) is 1.65. The number of rotatable bonds is 2. The summed E-state index contributed by atoms with van der Waals surface area (Å²) in [5, 5.41) is 0. The van der Waals surface area contributed by atoms with Crippen LogP contribution < -0.4 is 4.74 Å². The molecule has 14 heavy (non-hydrogen) atoms. The Morgan fingerprint density at radius 2 is 2.29 bits per heavy atom. The fraction of sp³-hybridized carbons (Fsp3) is 0.100. The van der Waals surface area contributed by atoms with Crippen LogP contribution in [0.15, 0.2) is 41.4 Å². The standard InChI is InChI=1S/C10H9BrN2O/c1-14-10-6-8(11)2-3-9(10)13-5-4-12-7-13/h2-7H,1H3. The molecule has 0 unspecified atom stereocenters. The highest BCUT2D eigenvalue weighted by Gasteiger charge is 2.04. The highest BCUT2D eigenvalue weighted by molar-refractivity contribution is 9.10. The second-order valence-corrected chi connectivity index (χ2v) is 3.70. The quantitative estimate of drug-likeness (QED) is 0.822. The van der Waals surface area contributed by atoms with Crippen LogP contribution in [0, 0.1) is 0 Å². The van der Waals surface area contributed by atoms with E-state index in [2.05, 4.69) is 20.9 Å². The third-order valence-corrected chi connectivity index (χ3v) is 2.42. The van der Waals surface area contributed by atoms with E-state index in [1.54, 1.807) is 19.6 Å². The van der Waals surface area contributed by atoms with Gasteiger partial charge in [0.1, 0.15) is 5.75 Å². The van der Waals surface area contributed by atoms with Gasteiger partial charge in [0.25, 0.3) is 0 Å². The van der Waals surface area contributed by atoms with Gasteiger partial charge in [0.15, 0.2) is 0 Å².